The van der Waals surface area contributed by atoms with Crippen molar-refractivity contribution in [3.05, 3.63) is 64.0 Å². The normalized spacial score (nSPS) is 12.1. The quantitative estimate of drug-likeness (QED) is 0.629. The predicted octanol–water partition coefficient (Wildman–Crippen LogP) is 2.61. The molecule has 1 aromatic carbocycles. The average molecular weight is 290 g/mol. The minimum absolute atomic E-state index is 0.201. The third kappa shape index (κ3) is 2.46. The summed E-state index contributed by atoms with van der Waals surface area (Å²) >= 11 is 2.97. The Labute approximate surface area is 108 Å². The van der Waals surface area contributed by atoms with Crippen molar-refractivity contribution in [1.82, 2.24) is 4.57 Å². The second-order valence-corrected chi connectivity index (χ2v) is 4.69. The molecule has 0 fully saturated rings. The van der Waals surface area contributed by atoms with Crippen LogP contribution >= 0.6 is 0 Å². The first-order valence-electron chi connectivity index (χ1n) is 5.45. The van der Waals surface area contributed by atoms with Gasteiger partial charge in [-0.1, -0.05) is 0 Å². The van der Waals surface area contributed by atoms with Gasteiger partial charge in [0.2, 0.25) is 0 Å². The first-order valence-corrected chi connectivity index (χ1v) is 6.31. The number of pyridine rings is 1. The zero-order valence-electron chi connectivity index (χ0n) is 9.54. The number of aldehydes is 1. The molecular weight excluding hydrogens is 277 g/mol. The molecule has 0 spiro atoms. The molecule has 0 saturated carbocycles. The van der Waals surface area contributed by atoms with Crippen molar-refractivity contribution >= 4 is 21.9 Å². The van der Waals surface area contributed by atoms with E-state index in [1.165, 1.54) is 5.56 Å². The number of carbonyl (C=O) groups excluding carboxylic acids is 1. The van der Waals surface area contributed by atoms with Crippen LogP contribution in [-0.2, 0) is 0 Å². The van der Waals surface area contributed by atoms with Crippen LogP contribution < -0.4 is 0 Å². The van der Waals surface area contributed by atoms with Gasteiger partial charge in [0.25, 0.3) is 0 Å². The summed E-state index contributed by atoms with van der Waals surface area (Å²) in [6, 6.07) is 14.1. The van der Waals surface area contributed by atoms with Crippen LogP contribution in [0.25, 0.3) is 0 Å². The number of aromatic nitrogens is 1. The Balaban J connectivity index is 2.48. The monoisotopic (exact) mass is 291 g/mol. The second-order valence-electron chi connectivity index (χ2n) is 3.88. The summed E-state index contributed by atoms with van der Waals surface area (Å²) in [6.07, 6.45) is 2.86. The average Bonchev–Trinajstić information content (AvgIpc) is 2.39. The number of rotatable bonds is 3. The fourth-order valence-corrected chi connectivity index (χ4v) is 2.52. The molecule has 0 aliphatic carbocycles. The van der Waals surface area contributed by atoms with E-state index in [1.54, 1.807) is 0 Å². The number of hydrogen-bond donors (Lipinski definition) is 0. The molecule has 0 aliphatic rings. The third-order valence-electron chi connectivity index (χ3n) is 2.83. The van der Waals surface area contributed by atoms with Crippen molar-refractivity contribution < 1.29 is 4.79 Å². The maximum absolute atomic E-state index is 10.9. The van der Waals surface area contributed by atoms with Crippen LogP contribution in [0.15, 0.2) is 48.7 Å². The molecule has 17 heavy (non-hydrogen) atoms. The van der Waals surface area contributed by atoms with Gasteiger partial charge in [0, 0.05) is 0 Å². The summed E-state index contributed by atoms with van der Waals surface area (Å²) in [4.78, 5) is 10.9. The molecule has 2 rings (SSSR count). The van der Waals surface area contributed by atoms with Gasteiger partial charge in [0.05, 0.1) is 0 Å². The van der Waals surface area contributed by atoms with Gasteiger partial charge in [0.1, 0.15) is 0 Å². The summed E-state index contributed by atoms with van der Waals surface area (Å²) in [5.41, 5.74) is 1.91. The molecule has 1 unspecified atom stereocenters. The summed E-state index contributed by atoms with van der Waals surface area (Å²) in [7, 11) is 0. The van der Waals surface area contributed by atoms with Crippen LogP contribution in [0.5, 0.6) is 0 Å². The number of carbonyl (C=O) groups is 1. The summed E-state index contributed by atoms with van der Waals surface area (Å²) in [5, 5.41) is 0. The van der Waals surface area contributed by atoms with E-state index < -0.39 is 0 Å². The van der Waals surface area contributed by atoms with E-state index in [2.05, 4.69) is 39.2 Å². The van der Waals surface area contributed by atoms with Gasteiger partial charge in [0.15, 0.2) is 0 Å². The summed E-state index contributed by atoms with van der Waals surface area (Å²) in [6.45, 7) is 2.12. The molecule has 2 nitrogen and oxygen atoms in total. The van der Waals surface area contributed by atoms with Gasteiger partial charge < -0.3 is 0 Å². The molecule has 1 atom stereocenters. The zero-order valence-corrected chi connectivity index (χ0v) is 11.3. The standard InChI is InChI=1S/C14H13NOSe/c1-11(12-6-3-2-4-7-12)15-9-5-8-13(10-16)14(15)17/h2-11H,1H3. The Bertz CT molecular complexity index is 574. The summed E-state index contributed by atoms with van der Waals surface area (Å²) in [5.74, 6) is 0. The van der Waals surface area contributed by atoms with E-state index >= 15 is 0 Å². The molecule has 0 amide bonds. The van der Waals surface area contributed by atoms with Crippen molar-refractivity contribution in [3.63, 3.8) is 0 Å². The minimum atomic E-state index is 0.201. The van der Waals surface area contributed by atoms with Crippen LogP contribution in [0.2, 0.25) is 0 Å². The van der Waals surface area contributed by atoms with Crippen LogP contribution in [-0.4, -0.2) is 26.4 Å². The number of nitrogens with zero attached hydrogens (tertiary/aromatic N) is 1. The Morgan fingerprint density at radius 2 is 1.88 bits per heavy atom. The van der Waals surface area contributed by atoms with Crippen molar-refractivity contribution in [3.8, 4) is 0 Å². The first kappa shape index (κ1) is 12.0. The number of hydrogen-bond acceptors (Lipinski definition) is 1. The predicted molar refractivity (Wildman–Crippen MR) is 69.1 cm³/mol. The Morgan fingerprint density at radius 3 is 2.53 bits per heavy atom. The SMILES string of the molecule is CC(c1ccccc1)n1cccc(C=O)c1=[Se]. The van der Waals surface area contributed by atoms with Crippen molar-refractivity contribution in [2.45, 2.75) is 13.0 Å². The molecule has 0 saturated heterocycles. The van der Waals surface area contributed by atoms with Gasteiger partial charge in [-0.15, -0.1) is 0 Å². The fourth-order valence-electron chi connectivity index (χ4n) is 1.81. The maximum atomic E-state index is 10.9. The third-order valence-corrected chi connectivity index (χ3v) is 3.77. The van der Waals surface area contributed by atoms with E-state index in [0.29, 0.717) is 5.56 Å². The molecule has 0 N–H and O–H groups in total. The first-order chi connectivity index (χ1) is 8.24. The van der Waals surface area contributed by atoms with Crippen molar-refractivity contribution in [2.24, 2.45) is 0 Å². The van der Waals surface area contributed by atoms with Crippen LogP contribution in [0.3, 0.4) is 0 Å². The molecule has 0 bridgehead atoms. The van der Waals surface area contributed by atoms with Gasteiger partial charge in [-0.05, 0) is 0 Å². The van der Waals surface area contributed by atoms with Gasteiger partial charge in [-0.25, -0.2) is 0 Å². The van der Waals surface area contributed by atoms with Crippen molar-refractivity contribution in [1.29, 1.82) is 0 Å². The topological polar surface area (TPSA) is 22.0 Å². The fraction of sp³-hybridized carbons (Fsp3) is 0.143. The van der Waals surface area contributed by atoms with Crippen LogP contribution in [0.1, 0.15) is 28.9 Å². The molecule has 2 aromatic rings. The summed E-state index contributed by atoms with van der Waals surface area (Å²) < 4.78 is 2.94. The molecule has 86 valence electrons. The van der Waals surface area contributed by atoms with E-state index in [-0.39, 0.29) is 6.04 Å². The van der Waals surface area contributed by atoms with E-state index in [1.807, 2.05) is 36.5 Å². The molecule has 1 heterocycles. The number of benzene rings is 1. The Morgan fingerprint density at radius 1 is 1.18 bits per heavy atom. The molecule has 3 heteroatoms. The van der Waals surface area contributed by atoms with Crippen LogP contribution in [0, 0.1) is 4.19 Å². The van der Waals surface area contributed by atoms with Gasteiger partial charge in [-0.3, -0.25) is 0 Å². The van der Waals surface area contributed by atoms with E-state index in [4.69, 9.17) is 0 Å². The molecule has 0 radical (unpaired) electrons. The molecular formula is C14H13NOSe. The van der Waals surface area contributed by atoms with E-state index in [9.17, 15) is 4.79 Å². The van der Waals surface area contributed by atoms with Crippen LogP contribution in [0.4, 0.5) is 0 Å². The molecule has 1 aromatic heterocycles. The van der Waals surface area contributed by atoms with Gasteiger partial charge in [-0.2, -0.15) is 0 Å². The second kappa shape index (κ2) is 5.26. The Kier molecular flexibility index (Phi) is 3.72. The van der Waals surface area contributed by atoms with Crippen molar-refractivity contribution in [2.75, 3.05) is 0 Å². The van der Waals surface area contributed by atoms with E-state index in [0.717, 1.165) is 10.5 Å². The molecule has 0 aliphatic heterocycles. The zero-order chi connectivity index (χ0) is 12.3. The Hall–Kier alpha value is -1.44. The van der Waals surface area contributed by atoms with Gasteiger partial charge >= 0.3 is 108 Å².